The number of ether oxygens (including phenoxy) is 2. The summed E-state index contributed by atoms with van der Waals surface area (Å²) in [6.07, 6.45) is 2.87. The van der Waals surface area contributed by atoms with E-state index >= 15 is 0 Å². The minimum absolute atomic E-state index is 0.0711. The molecule has 0 aromatic carbocycles. The molecule has 5 heteroatoms. The second-order valence-electron chi connectivity index (χ2n) is 4.30. The van der Waals surface area contributed by atoms with E-state index in [1.165, 1.54) is 11.8 Å². The summed E-state index contributed by atoms with van der Waals surface area (Å²) in [6.45, 7) is 7.58. The molecule has 0 radical (unpaired) electrons. The molecule has 0 bridgehead atoms. The second-order valence-corrected chi connectivity index (χ2v) is 5.06. The lowest BCUT2D eigenvalue weighted by Gasteiger charge is -2.15. The van der Waals surface area contributed by atoms with Crippen molar-refractivity contribution >= 4 is 17.0 Å². The lowest BCUT2D eigenvalue weighted by molar-refractivity contribution is 0.0406. The van der Waals surface area contributed by atoms with E-state index in [9.17, 15) is 4.79 Å². The van der Waals surface area contributed by atoms with E-state index < -0.39 is 0 Å². The predicted octanol–water partition coefficient (Wildman–Crippen LogP) is 2.48. The average Bonchev–Trinajstić information content (AvgIpc) is 2.30. The number of nitrogens with zero attached hydrogens (tertiary/aromatic N) is 1. The van der Waals surface area contributed by atoms with E-state index in [0.717, 1.165) is 13.0 Å². The first kappa shape index (κ1) is 16.7. The molecule has 0 saturated carbocycles. The average molecular weight is 263 g/mol. The molecule has 0 aliphatic rings. The Hall–Kier alpha value is -0.260. The Morgan fingerprint density at radius 1 is 1.18 bits per heavy atom. The fraction of sp³-hybridized carbons (Fsp3) is 0.917. The number of rotatable bonds is 9. The van der Waals surface area contributed by atoms with Crippen LogP contribution in [0, 0.1) is 5.92 Å². The van der Waals surface area contributed by atoms with Crippen LogP contribution in [0.4, 0.5) is 4.79 Å². The van der Waals surface area contributed by atoms with Gasteiger partial charge in [-0.1, -0.05) is 25.6 Å². The van der Waals surface area contributed by atoms with Crippen molar-refractivity contribution in [3.63, 3.8) is 0 Å². The summed E-state index contributed by atoms with van der Waals surface area (Å²) in [5.74, 6) is 0.683. The number of carbonyl (C=O) groups is 1. The maximum absolute atomic E-state index is 11.2. The summed E-state index contributed by atoms with van der Waals surface area (Å²) >= 11 is 1.22. The normalized spacial score (nSPS) is 10.9. The molecule has 0 spiro atoms. The monoisotopic (exact) mass is 263 g/mol. The van der Waals surface area contributed by atoms with Gasteiger partial charge in [-0.05, 0) is 18.6 Å². The van der Waals surface area contributed by atoms with Crippen LogP contribution < -0.4 is 0 Å². The summed E-state index contributed by atoms with van der Waals surface area (Å²) in [7, 11) is 1.78. The Labute approximate surface area is 109 Å². The van der Waals surface area contributed by atoms with Crippen molar-refractivity contribution in [2.45, 2.75) is 20.3 Å². The highest BCUT2D eigenvalue weighted by atomic mass is 32.2. The van der Waals surface area contributed by atoms with E-state index in [0.29, 0.717) is 32.3 Å². The fourth-order valence-corrected chi connectivity index (χ4v) is 1.49. The topological polar surface area (TPSA) is 38.8 Å². The van der Waals surface area contributed by atoms with Crippen molar-refractivity contribution in [1.82, 2.24) is 4.90 Å². The Morgan fingerprint density at radius 3 is 2.29 bits per heavy atom. The Bertz CT molecular complexity index is 200. The Kier molecular flexibility index (Phi) is 10.7. The van der Waals surface area contributed by atoms with E-state index in [2.05, 4.69) is 13.8 Å². The summed E-state index contributed by atoms with van der Waals surface area (Å²) in [5, 5.41) is 0.0711. The molecule has 17 heavy (non-hydrogen) atoms. The molecule has 0 atom stereocenters. The van der Waals surface area contributed by atoms with Crippen molar-refractivity contribution in [1.29, 1.82) is 0 Å². The van der Waals surface area contributed by atoms with Crippen LogP contribution in [0.3, 0.4) is 0 Å². The zero-order valence-electron chi connectivity index (χ0n) is 11.4. The van der Waals surface area contributed by atoms with Gasteiger partial charge in [-0.15, -0.1) is 0 Å². The molecule has 0 rings (SSSR count). The summed E-state index contributed by atoms with van der Waals surface area (Å²) in [4.78, 5) is 12.8. The van der Waals surface area contributed by atoms with E-state index in [1.54, 1.807) is 18.2 Å². The third-order valence-corrected chi connectivity index (χ3v) is 2.93. The Balaban J connectivity index is 3.21. The van der Waals surface area contributed by atoms with Crippen LogP contribution in [-0.2, 0) is 9.47 Å². The minimum Gasteiger partial charge on any atom is -0.379 e. The van der Waals surface area contributed by atoms with Gasteiger partial charge in [0.05, 0.1) is 19.8 Å². The fourth-order valence-electron chi connectivity index (χ4n) is 1.09. The molecule has 102 valence electrons. The maximum atomic E-state index is 11.2. The molecule has 1 amide bonds. The highest BCUT2D eigenvalue weighted by Crippen LogP contribution is 2.01. The largest absolute Gasteiger partial charge is 0.379 e. The third-order valence-electron chi connectivity index (χ3n) is 2.27. The summed E-state index contributed by atoms with van der Waals surface area (Å²) in [5.41, 5.74) is 0. The van der Waals surface area contributed by atoms with Gasteiger partial charge in [0.1, 0.15) is 0 Å². The SMILES string of the molecule is CSC(=O)N(C)CCOCCOCCC(C)C. The van der Waals surface area contributed by atoms with Gasteiger partial charge in [0, 0.05) is 20.2 Å². The van der Waals surface area contributed by atoms with E-state index in [-0.39, 0.29) is 5.24 Å². The second kappa shape index (κ2) is 10.9. The van der Waals surface area contributed by atoms with Crippen molar-refractivity contribution in [3.8, 4) is 0 Å². The molecule has 0 aliphatic carbocycles. The van der Waals surface area contributed by atoms with Gasteiger partial charge in [0.15, 0.2) is 0 Å². The predicted molar refractivity (Wildman–Crippen MR) is 72.6 cm³/mol. The number of hydrogen-bond acceptors (Lipinski definition) is 4. The number of likely N-dealkylation sites (N-methyl/N-ethyl adjacent to an activating group) is 1. The summed E-state index contributed by atoms with van der Waals surface area (Å²) < 4.78 is 10.8. The number of hydrogen-bond donors (Lipinski definition) is 0. The van der Waals surface area contributed by atoms with Crippen LogP contribution in [0.25, 0.3) is 0 Å². The quantitative estimate of drug-likeness (QED) is 0.599. The van der Waals surface area contributed by atoms with Crippen molar-refractivity contribution < 1.29 is 14.3 Å². The first-order chi connectivity index (χ1) is 8.07. The number of thioether (sulfide) groups is 1. The first-order valence-corrected chi connectivity index (χ1v) is 7.25. The number of carbonyl (C=O) groups excluding carboxylic acids is 1. The standard InChI is InChI=1S/C12H25NO3S/c1-11(2)5-7-15-9-10-16-8-6-13(3)12(14)17-4/h11H,5-10H2,1-4H3. The minimum atomic E-state index is 0.0711. The highest BCUT2D eigenvalue weighted by Gasteiger charge is 2.05. The van der Waals surface area contributed by atoms with Gasteiger partial charge in [0.2, 0.25) is 0 Å². The van der Waals surface area contributed by atoms with Crippen molar-refractivity contribution in [3.05, 3.63) is 0 Å². The van der Waals surface area contributed by atoms with Crippen LogP contribution in [0.2, 0.25) is 0 Å². The van der Waals surface area contributed by atoms with E-state index in [4.69, 9.17) is 9.47 Å². The van der Waals surface area contributed by atoms with Gasteiger partial charge >= 0.3 is 0 Å². The zero-order valence-corrected chi connectivity index (χ0v) is 12.2. The van der Waals surface area contributed by atoms with Crippen LogP contribution in [0.5, 0.6) is 0 Å². The molecule has 0 heterocycles. The molecule has 0 saturated heterocycles. The maximum Gasteiger partial charge on any atom is 0.281 e. The van der Waals surface area contributed by atoms with Crippen LogP contribution in [-0.4, -0.2) is 56.4 Å². The molecule has 0 aliphatic heterocycles. The van der Waals surface area contributed by atoms with Crippen LogP contribution in [0.15, 0.2) is 0 Å². The van der Waals surface area contributed by atoms with Gasteiger partial charge < -0.3 is 14.4 Å². The van der Waals surface area contributed by atoms with Gasteiger partial charge in [-0.25, -0.2) is 0 Å². The zero-order chi connectivity index (χ0) is 13.1. The molecule has 0 unspecified atom stereocenters. The van der Waals surface area contributed by atoms with Gasteiger partial charge in [0.25, 0.3) is 5.24 Å². The lowest BCUT2D eigenvalue weighted by Crippen LogP contribution is -2.27. The van der Waals surface area contributed by atoms with Crippen molar-refractivity contribution in [2.75, 3.05) is 46.3 Å². The van der Waals surface area contributed by atoms with Crippen LogP contribution in [0.1, 0.15) is 20.3 Å². The lowest BCUT2D eigenvalue weighted by atomic mass is 10.1. The Morgan fingerprint density at radius 2 is 1.76 bits per heavy atom. The molecule has 0 aromatic rings. The van der Waals surface area contributed by atoms with Crippen LogP contribution >= 0.6 is 11.8 Å². The molecular formula is C12H25NO3S. The van der Waals surface area contributed by atoms with Crippen molar-refractivity contribution in [2.24, 2.45) is 5.92 Å². The van der Waals surface area contributed by atoms with Gasteiger partial charge in [-0.2, -0.15) is 0 Å². The van der Waals surface area contributed by atoms with Gasteiger partial charge in [-0.3, -0.25) is 4.79 Å². The summed E-state index contributed by atoms with van der Waals surface area (Å²) in [6, 6.07) is 0. The van der Waals surface area contributed by atoms with E-state index in [1.807, 2.05) is 0 Å². The molecule has 0 N–H and O–H groups in total. The smallest absolute Gasteiger partial charge is 0.281 e. The molecule has 0 fully saturated rings. The number of amides is 1. The molecule has 4 nitrogen and oxygen atoms in total. The molecule has 0 aromatic heterocycles. The molecular weight excluding hydrogens is 238 g/mol. The first-order valence-electron chi connectivity index (χ1n) is 6.02. The highest BCUT2D eigenvalue weighted by molar-refractivity contribution is 8.12. The third kappa shape index (κ3) is 10.6.